The van der Waals surface area contributed by atoms with Crippen molar-refractivity contribution in [2.45, 2.75) is 13.0 Å². The fraction of sp³-hybridized carbons (Fsp3) is 0.0952. The maximum atomic E-state index is 11.4. The van der Waals surface area contributed by atoms with Gasteiger partial charge in [-0.2, -0.15) is 0 Å². The van der Waals surface area contributed by atoms with Gasteiger partial charge in [-0.25, -0.2) is 4.98 Å². The van der Waals surface area contributed by atoms with Gasteiger partial charge in [0.15, 0.2) is 5.78 Å². The molecule has 4 rings (SSSR count). The molecule has 3 aromatic rings. The first-order valence-electron chi connectivity index (χ1n) is 8.56. The summed E-state index contributed by atoms with van der Waals surface area (Å²) in [5.41, 5.74) is 3.48. The summed E-state index contributed by atoms with van der Waals surface area (Å²) >= 11 is 11.9. The Morgan fingerprint density at radius 2 is 1.89 bits per heavy atom. The van der Waals surface area contributed by atoms with Crippen molar-refractivity contribution in [1.82, 2.24) is 9.97 Å². The van der Waals surface area contributed by atoms with Crippen LogP contribution in [-0.2, 0) is 17.8 Å². The Morgan fingerprint density at radius 3 is 2.68 bits per heavy atom. The zero-order valence-electron chi connectivity index (χ0n) is 14.7. The van der Waals surface area contributed by atoms with E-state index in [0.717, 1.165) is 22.6 Å². The molecule has 2 aromatic carbocycles. The van der Waals surface area contributed by atoms with Gasteiger partial charge in [0.2, 0.25) is 0 Å². The van der Waals surface area contributed by atoms with E-state index in [4.69, 9.17) is 27.9 Å². The number of ether oxygens (including phenoxy) is 1. The van der Waals surface area contributed by atoms with Gasteiger partial charge >= 0.3 is 0 Å². The molecule has 5 nitrogen and oxygen atoms in total. The summed E-state index contributed by atoms with van der Waals surface area (Å²) in [6.45, 7) is 0.293. The minimum Gasteiger partial charge on any atom is -0.487 e. The number of allylic oxidation sites excluding steroid dienone is 1. The van der Waals surface area contributed by atoms with Gasteiger partial charge in [-0.3, -0.25) is 9.78 Å². The summed E-state index contributed by atoms with van der Waals surface area (Å²) in [4.78, 5) is 20.1. The number of nitrogens with zero attached hydrogens (tertiary/aromatic N) is 2. The largest absolute Gasteiger partial charge is 0.487 e. The van der Waals surface area contributed by atoms with Crippen molar-refractivity contribution < 1.29 is 9.53 Å². The number of halogens is 2. The third-order valence-corrected chi connectivity index (χ3v) is 4.95. The summed E-state index contributed by atoms with van der Waals surface area (Å²) in [7, 11) is 0. The highest BCUT2D eigenvalue weighted by atomic mass is 35.5. The molecule has 0 saturated heterocycles. The molecule has 1 aliphatic rings. The van der Waals surface area contributed by atoms with Gasteiger partial charge in [0.25, 0.3) is 0 Å². The van der Waals surface area contributed by atoms with Gasteiger partial charge in [-0.05, 0) is 47.5 Å². The zero-order valence-corrected chi connectivity index (χ0v) is 16.2. The van der Waals surface area contributed by atoms with Crippen LogP contribution in [0.25, 0.3) is 6.08 Å². The number of carbonyl (C=O) groups excluding carboxylic acids is 1. The van der Waals surface area contributed by atoms with Crippen LogP contribution >= 0.6 is 23.2 Å². The number of nitrogens with one attached hydrogen (secondary N) is 1. The molecular weight excluding hydrogens is 397 g/mol. The summed E-state index contributed by atoms with van der Waals surface area (Å²) in [5.74, 6) is 1.43. The fourth-order valence-electron chi connectivity index (χ4n) is 2.78. The second-order valence-electron chi connectivity index (χ2n) is 6.27. The van der Waals surface area contributed by atoms with Crippen molar-refractivity contribution >= 4 is 46.6 Å². The van der Waals surface area contributed by atoms with E-state index in [-0.39, 0.29) is 5.78 Å². The molecule has 0 saturated carbocycles. The molecule has 0 amide bonds. The average Bonchev–Trinajstić information content (AvgIpc) is 2.70. The molecule has 1 heterocycles. The monoisotopic (exact) mass is 411 g/mol. The highest BCUT2D eigenvalue weighted by Crippen LogP contribution is 2.26. The second kappa shape index (κ2) is 8.00. The smallest absolute Gasteiger partial charge is 0.160 e. The summed E-state index contributed by atoms with van der Waals surface area (Å²) in [6.07, 6.45) is 7.12. The number of aromatic nitrogens is 2. The molecule has 1 N–H and O–H groups in total. The zero-order chi connectivity index (χ0) is 19.5. The highest BCUT2D eigenvalue weighted by Gasteiger charge is 2.11. The number of rotatable bonds is 5. The molecule has 7 heteroatoms. The maximum absolute atomic E-state index is 11.4. The van der Waals surface area contributed by atoms with Crippen LogP contribution in [0.2, 0.25) is 10.0 Å². The van der Waals surface area contributed by atoms with Gasteiger partial charge in [-0.15, -0.1) is 0 Å². The Kier molecular flexibility index (Phi) is 5.28. The van der Waals surface area contributed by atoms with E-state index in [2.05, 4.69) is 15.3 Å². The molecular formula is C21H15Cl2N3O2. The molecule has 0 radical (unpaired) electrons. The standard InChI is InChI=1S/C21H15Cl2N3O2/c22-19-6-3-15(9-20(19)23)26-21-11-24-16(10-25-21)12-28-18-5-2-13-7-17(27)4-1-14(13)8-18/h1-6,8-11H,7,12H2,(H,25,26). The molecule has 140 valence electrons. The topological polar surface area (TPSA) is 64.1 Å². The van der Waals surface area contributed by atoms with Crippen molar-refractivity contribution in [1.29, 1.82) is 0 Å². The number of hydrogen-bond acceptors (Lipinski definition) is 5. The highest BCUT2D eigenvalue weighted by molar-refractivity contribution is 6.42. The van der Waals surface area contributed by atoms with E-state index in [1.807, 2.05) is 30.3 Å². The van der Waals surface area contributed by atoms with Gasteiger partial charge in [0.1, 0.15) is 18.2 Å². The average molecular weight is 412 g/mol. The van der Waals surface area contributed by atoms with Crippen LogP contribution in [0.5, 0.6) is 5.75 Å². The van der Waals surface area contributed by atoms with Crippen molar-refractivity contribution in [3.8, 4) is 5.75 Å². The Balaban J connectivity index is 1.38. The molecule has 0 fully saturated rings. The maximum Gasteiger partial charge on any atom is 0.160 e. The van der Waals surface area contributed by atoms with Crippen LogP contribution in [0, 0.1) is 0 Å². The Bertz CT molecular complexity index is 1070. The van der Waals surface area contributed by atoms with Crippen molar-refractivity contribution in [3.05, 3.63) is 81.7 Å². The molecule has 1 aromatic heterocycles. The third-order valence-electron chi connectivity index (χ3n) is 4.21. The number of benzene rings is 2. The number of hydrogen-bond donors (Lipinski definition) is 1. The Labute approximate surface area is 172 Å². The predicted molar refractivity (Wildman–Crippen MR) is 110 cm³/mol. The van der Waals surface area contributed by atoms with Crippen LogP contribution in [0.4, 0.5) is 11.5 Å². The summed E-state index contributed by atoms with van der Waals surface area (Å²) in [6, 6.07) is 10.9. The van der Waals surface area contributed by atoms with Crippen LogP contribution < -0.4 is 10.1 Å². The van der Waals surface area contributed by atoms with Gasteiger partial charge in [-0.1, -0.05) is 35.3 Å². The second-order valence-corrected chi connectivity index (χ2v) is 7.09. The molecule has 1 aliphatic carbocycles. The van der Waals surface area contributed by atoms with Crippen LogP contribution in [0.1, 0.15) is 16.8 Å². The van der Waals surface area contributed by atoms with Gasteiger partial charge in [0.05, 0.1) is 28.1 Å². The third kappa shape index (κ3) is 4.32. The van der Waals surface area contributed by atoms with E-state index < -0.39 is 0 Å². The molecule has 0 atom stereocenters. The summed E-state index contributed by atoms with van der Waals surface area (Å²) in [5, 5.41) is 4.08. The van der Waals surface area contributed by atoms with Crippen molar-refractivity contribution in [2.24, 2.45) is 0 Å². The fourth-order valence-corrected chi connectivity index (χ4v) is 3.08. The first kappa shape index (κ1) is 18.5. The minimum absolute atomic E-state index is 0.117. The first-order chi connectivity index (χ1) is 13.6. The first-order valence-corrected chi connectivity index (χ1v) is 9.32. The minimum atomic E-state index is 0.117. The number of fused-ring (bicyclic) bond motifs is 1. The molecule has 0 unspecified atom stereocenters. The lowest BCUT2D eigenvalue weighted by Gasteiger charge is -2.12. The Morgan fingerprint density at radius 1 is 1.00 bits per heavy atom. The van der Waals surface area contributed by atoms with Gasteiger partial charge < -0.3 is 10.1 Å². The normalized spacial score (nSPS) is 12.6. The van der Waals surface area contributed by atoms with Crippen LogP contribution in [-0.4, -0.2) is 15.8 Å². The quantitative estimate of drug-likeness (QED) is 0.621. The van der Waals surface area contributed by atoms with Crippen LogP contribution in [0.15, 0.2) is 54.9 Å². The number of ketones is 1. The SMILES string of the molecule is O=C1C=Cc2cc(OCc3cnc(Nc4ccc(Cl)c(Cl)c4)cn3)ccc2C1. The lowest BCUT2D eigenvalue weighted by Crippen LogP contribution is -2.06. The molecule has 0 aliphatic heterocycles. The van der Waals surface area contributed by atoms with Crippen molar-refractivity contribution in [3.63, 3.8) is 0 Å². The Hall–Kier alpha value is -2.89. The number of carbonyl (C=O) groups is 1. The van der Waals surface area contributed by atoms with E-state index in [1.54, 1.807) is 30.6 Å². The van der Waals surface area contributed by atoms with E-state index in [0.29, 0.717) is 34.6 Å². The lowest BCUT2D eigenvalue weighted by molar-refractivity contribution is -0.114. The van der Waals surface area contributed by atoms with E-state index in [1.165, 1.54) is 0 Å². The van der Waals surface area contributed by atoms with Crippen molar-refractivity contribution in [2.75, 3.05) is 5.32 Å². The predicted octanol–water partition coefficient (Wildman–Crippen LogP) is 5.24. The van der Waals surface area contributed by atoms with Crippen LogP contribution in [0.3, 0.4) is 0 Å². The lowest BCUT2D eigenvalue weighted by atomic mass is 9.96. The van der Waals surface area contributed by atoms with E-state index >= 15 is 0 Å². The molecule has 0 bridgehead atoms. The molecule has 28 heavy (non-hydrogen) atoms. The number of anilines is 2. The molecule has 0 spiro atoms. The van der Waals surface area contributed by atoms with Gasteiger partial charge in [0, 0.05) is 12.1 Å². The van der Waals surface area contributed by atoms with E-state index in [9.17, 15) is 4.79 Å². The summed E-state index contributed by atoms with van der Waals surface area (Å²) < 4.78 is 5.80.